The van der Waals surface area contributed by atoms with E-state index in [0.29, 0.717) is 12.4 Å². The number of rotatable bonds is 7. The molecule has 0 aliphatic rings. The van der Waals surface area contributed by atoms with Crippen LogP contribution in [0.1, 0.15) is 26.7 Å². The van der Waals surface area contributed by atoms with Crippen LogP contribution in [0.3, 0.4) is 0 Å². The minimum absolute atomic E-state index is 0.0575. The zero-order valence-corrected chi connectivity index (χ0v) is 11.6. The summed E-state index contributed by atoms with van der Waals surface area (Å²) in [6.07, 6.45) is 5.22. The second kappa shape index (κ2) is 6.69. The summed E-state index contributed by atoms with van der Waals surface area (Å²) in [5.41, 5.74) is 5.59. The third-order valence-corrected chi connectivity index (χ3v) is 2.32. The molecule has 0 saturated carbocycles. The van der Waals surface area contributed by atoms with Crippen LogP contribution in [-0.2, 0) is 6.54 Å². The van der Waals surface area contributed by atoms with E-state index in [1.54, 1.807) is 17.1 Å². The zero-order chi connectivity index (χ0) is 14.4. The molecule has 0 spiro atoms. The van der Waals surface area contributed by atoms with Gasteiger partial charge in [0, 0.05) is 6.54 Å². The van der Waals surface area contributed by atoms with Crippen LogP contribution < -0.4 is 15.2 Å². The number of nitrogen functional groups attached to an aromatic ring is 1. The molecule has 108 valence electrons. The molecule has 0 radical (unpaired) electrons. The molecule has 0 bridgehead atoms. The Morgan fingerprint density at radius 3 is 2.70 bits per heavy atom. The summed E-state index contributed by atoms with van der Waals surface area (Å²) in [5.74, 6) is 0.604. The highest BCUT2D eigenvalue weighted by Gasteiger charge is 2.09. The molecule has 8 nitrogen and oxygen atoms in total. The molecule has 0 fully saturated rings. The SMILES string of the molecule is CCCOc1nc(N)nc(Oc2cnn(CCC)c2)n1. The number of anilines is 1. The number of nitrogens with zero attached hydrogens (tertiary/aromatic N) is 5. The highest BCUT2D eigenvalue weighted by Crippen LogP contribution is 2.19. The first-order chi connectivity index (χ1) is 9.71. The van der Waals surface area contributed by atoms with Crippen molar-refractivity contribution in [2.45, 2.75) is 33.2 Å². The Labute approximate surface area is 117 Å². The second-order valence-corrected chi connectivity index (χ2v) is 4.15. The molecular formula is C12H18N6O2. The molecule has 20 heavy (non-hydrogen) atoms. The summed E-state index contributed by atoms with van der Waals surface area (Å²) in [6, 6.07) is 0.259. The molecule has 0 unspecified atom stereocenters. The van der Waals surface area contributed by atoms with Gasteiger partial charge < -0.3 is 15.2 Å². The highest BCUT2D eigenvalue weighted by molar-refractivity contribution is 5.24. The van der Waals surface area contributed by atoms with Gasteiger partial charge in [-0.2, -0.15) is 15.1 Å². The van der Waals surface area contributed by atoms with Gasteiger partial charge in [0.05, 0.1) is 19.0 Å². The fraction of sp³-hybridized carbons (Fsp3) is 0.500. The maximum Gasteiger partial charge on any atom is 0.330 e. The molecule has 0 saturated heterocycles. The van der Waals surface area contributed by atoms with Gasteiger partial charge in [-0.3, -0.25) is 4.68 Å². The summed E-state index contributed by atoms with van der Waals surface area (Å²) in [4.78, 5) is 11.8. The van der Waals surface area contributed by atoms with Crippen LogP contribution in [0.25, 0.3) is 0 Å². The third kappa shape index (κ3) is 3.81. The Balaban J connectivity index is 2.09. The van der Waals surface area contributed by atoms with Gasteiger partial charge in [-0.1, -0.05) is 13.8 Å². The molecule has 0 aliphatic carbocycles. The average molecular weight is 278 g/mol. The summed E-state index contributed by atoms with van der Waals surface area (Å²) >= 11 is 0. The quantitative estimate of drug-likeness (QED) is 0.821. The topological polar surface area (TPSA) is 101 Å². The molecule has 8 heteroatoms. The minimum Gasteiger partial charge on any atom is -0.463 e. The highest BCUT2D eigenvalue weighted by atomic mass is 16.5. The minimum atomic E-state index is 0.0575. The van der Waals surface area contributed by atoms with E-state index in [1.807, 2.05) is 6.92 Å². The van der Waals surface area contributed by atoms with E-state index in [0.717, 1.165) is 19.4 Å². The van der Waals surface area contributed by atoms with Gasteiger partial charge in [0.15, 0.2) is 5.75 Å². The van der Waals surface area contributed by atoms with E-state index in [2.05, 4.69) is 27.0 Å². The first-order valence-electron chi connectivity index (χ1n) is 6.56. The van der Waals surface area contributed by atoms with Crippen molar-refractivity contribution in [3.05, 3.63) is 12.4 Å². The molecule has 2 rings (SSSR count). The predicted octanol–water partition coefficient (Wildman–Crippen LogP) is 1.64. The van der Waals surface area contributed by atoms with E-state index >= 15 is 0 Å². The maximum absolute atomic E-state index is 5.59. The molecule has 0 aromatic carbocycles. The van der Waals surface area contributed by atoms with Crippen molar-refractivity contribution in [3.8, 4) is 17.8 Å². The van der Waals surface area contributed by atoms with E-state index in [9.17, 15) is 0 Å². The molecule has 2 aromatic heterocycles. The smallest absolute Gasteiger partial charge is 0.330 e. The fourth-order valence-electron chi connectivity index (χ4n) is 1.51. The Hall–Kier alpha value is -2.38. The van der Waals surface area contributed by atoms with Crippen LogP contribution in [-0.4, -0.2) is 31.3 Å². The summed E-state index contributed by atoms with van der Waals surface area (Å²) < 4.78 is 12.6. The molecule has 0 atom stereocenters. The van der Waals surface area contributed by atoms with Crippen molar-refractivity contribution in [1.82, 2.24) is 24.7 Å². The van der Waals surface area contributed by atoms with Gasteiger partial charge in [-0.05, 0) is 12.8 Å². The van der Waals surface area contributed by atoms with Gasteiger partial charge in [0.25, 0.3) is 0 Å². The monoisotopic (exact) mass is 278 g/mol. The molecular weight excluding hydrogens is 260 g/mol. The van der Waals surface area contributed by atoms with Crippen LogP contribution in [0, 0.1) is 0 Å². The first kappa shape index (κ1) is 14.0. The van der Waals surface area contributed by atoms with Gasteiger partial charge in [0.2, 0.25) is 5.95 Å². The Morgan fingerprint density at radius 2 is 1.95 bits per heavy atom. The van der Waals surface area contributed by atoms with Gasteiger partial charge in [-0.25, -0.2) is 0 Å². The number of ether oxygens (including phenoxy) is 2. The van der Waals surface area contributed by atoms with Crippen molar-refractivity contribution < 1.29 is 9.47 Å². The second-order valence-electron chi connectivity index (χ2n) is 4.15. The first-order valence-corrected chi connectivity index (χ1v) is 6.56. The average Bonchev–Trinajstić information content (AvgIpc) is 2.83. The van der Waals surface area contributed by atoms with Gasteiger partial charge >= 0.3 is 12.0 Å². The van der Waals surface area contributed by atoms with E-state index in [4.69, 9.17) is 15.2 Å². The number of aryl methyl sites for hydroxylation is 1. The lowest BCUT2D eigenvalue weighted by molar-refractivity contribution is 0.285. The van der Waals surface area contributed by atoms with Crippen molar-refractivity contribution in [2.24, 2.45) is 0 Å². The molecule has 0 amide bonds. The van der Waals surface area contributed by atoms with E-state index in [-0.39, 0.29) is 18.0 Å². The van der Waals surface area contributed by atoms with Crippen molar-refractivity contribution in [1.29, 1.82) is 0 Å². The molecule has 2 heterocycles. The molecule has 2 aromatic rings. The number of hydrogen-bond acceptors (Lipinski definition) is 7. The maximum atomic E-state index is 5.59. The predicted molar refractivity (Wildman–Crippen MR) is 72.6 cm³/mol. The van der Waals surface area contributed by atoms with Crippen molar-refractivity contribution >= 4 is 5.95 Å². The summed E-state index contributed by atoms with van der Waals surface area (Å²) in [7, 11) is 0. The van der Waals surface area contributed by atoms with E-state index in [1.165, 1.54) is 0 Å². The van der Waals surface area contributed by atoms with Crippen molar-refractivity contribution in [2.75, 3.05) is 12.3 Å². The molecule has 2 N–H and O–H groups in total. The van der Waals surface area contributed by atoms with Crippen LogP contribution in [0.2, 0.25) is 0 Å². The van der Waals surface area contributed by atoms with Gasteiger partial charge in [-0.15, -0.1) is 4.98 Å². The number of aromatic nitrogens is 5. The van der Waals surface area contributed by atoms with E-state index < -0.39 is 0 Å². The number of nitrogens with two attached hydrogens (primary N) is 1. The van der Waals surface area contributed by atoms with Crippen LogP contribution >= 0.6 is 0 Å². The normalized spacial score (nSPS) is 10.5. The Bertz CT molecular complexity index is 557. The third-order valence-electron chi connectivity index (χ3n) is 2.32. The standard InChI is InChI=1S/C12H18N6O2/c1-3-5-18-8-9(7-14-18)20-12-16-10(13)15-11(17-12)19-6-4-2/h7-8H,3-6H2,1-2H3,(H2,13,15,16,17). The Morgan fingerprint density at radius 1 is 1.15 bits per heavy atom. The summed E-state index contributed by atoms with van der Waals surface area (Å²) in [5, 5.41) is 4.15. The van der Waals surface area contributed by atoms with Crippen molar-refractivity contribution in [3.63, 3.8) is 0 Å². The lowest BCUT2D eigenvalue weighted by Gasteiger charge is -2.05. The van der Waals surface area contributed by atoms with Gasteiger partial charge in [0.1, 0.15) is 0 Å². The van der Waals surface area contributed by atoms with Crippen LogP contribution in [0.15, 0.2) is 12.4 Å². The summed E-state index contributed by atoms with van der Waals surface area (Å²) in [6.45, 7) is 5.40. The lowest BCUT2D eigenvalue weighted by atomic mass is 10.5. The molecule has 0 aliphatic heterocycles. The van der Waals surface area contributed by atoms with Crippen LogP contribution in [0.5, 0.6) is 17.8 Å². The zero-order valence-electron chi connectivity index (χ0n) is 11.6. The lowest BCUT2D eigenvalue weighted by Crippen LogP contribution is -2.05. The Kier molecular flexibility index (Phi) is 4.70. The largest absolute Gasteiger partial charge is 0.463 e. The fourth-order valence-corrected chi connectivity index (χ4v) is 1.51. The number of hydrogen-bond donors (Lipinski definition) is 1. The van der Waals surface area contributed by atoms with Crippen LogP contribution in [0.4, 0.5) is 5.95 Å².